The van der Waals surface area contributed by atoms with Gasteiger partial charge in [-0.2, -0.15) is 0 Å². The summed E-state index contributed by atoms with van der Waals surface area (Å²) >= 11 is 0. The summed E-state index contributed by atoms with van der Waals surface area (Å²) < 4.78 is 0. The SMILES string of the molecule is CC.Cc1cccc(/C=C/c2ccc(N(C)C)cc2)n1. The van der Waals surface area contributed by atoms with Crippen molar-refractivity contribution in [2.75, 3.05) is 19.0 Å². The molecule has 0 atom stereocenters. The summed E-state index contributed by atoms with van der Waals surface area (Å²) in [5.74, 6) is 0. The van der Waals surface area contributed by atoms with Crippen LogP contribution in [0.5, 0.6) is 0 Å². The van der Waals surface area contributed by atoms with Gasteiger partial charge in [-0.1, -0.05) is 38.1 Å². The molecular formula is C18H24N2. The van der Waals surface area contributed by atoms with E-state index in [2.05, 4.69) is 40.2 Å². The van der Waals surface area contributed by atoms with Gasteiger partial charge in [-0.25, -0.2) is 0 Å². The van der Waals surface area contributed by atoms with Crippen LogP contribution in [0, 0.1) is 6.92 Å². The van der Waals surface area contributed by atoms with E-state index in [4.69, 9.17) is 0 Å². The normalized spacial score (nSPS) is 10.1. The summed E-state index contributed by atoms with van der Waals surface area (Å²) in [6.07, 6.45) is 4.12. The van der Waals surface area contributed by atoms with Crippen molar-refractivity contribution in [2.24, 2.45) is 0 Å². The first-order valence-corrected chi connectivity index (χ1v) is 7.04. The van der Waals surface area contributed by atoms with Crippen molar-refractivity contribution in [1.82, 2.24) is 4.98 Å². The maximum Gasteiger partial charge on any atom is 0.0633 e. The summed E-state index contributed by atoms with van der Waals surface area (Å²) in [4.78, 5) is 6.53. The number of aryl methyl sites for hydroxylation is 1. The molecule has 2 rings (SSSR count). The summed E-state index contributed by atoms with van der Waals surface area (Å²) in [6.45, 7) is 6.00. The Kier molecular flexibility index (Phi) is 6.51. The molecule has 2 heteroatoms. The molecule has 2 aromatic rings. The third-order valence-electron chi connectivity index (χ3n) is 2.77. The lowest BCUT2D eigenvalue weighted by atomic mass is 10.1. The van der Waals surface area contributed by atoms with Crippen LogP contribution in [0.2, 0.25) is 0 Å². The third kappa shape index (κ3) is 4.88. The maximum atomic E-state index is 4.44. The van der Waals surface area contributed by atoms with Crippen LogP contribution in [-0.2, 0) is 0 Å². The summed E-state index contributed by atoms with van der Waals surface area (Å²) in [5, 5.41) is 0. The average Bonchev–Trinajstić information content (AvgIpc) is 2.48. The highest BCUT2D eigenvalue weighted by molar-refractivity contribution is 5.69. The van der Waals surface area contributed by atoms with Crippen LogP contribution in [0.15, 0.2) is 42.5 Å². The van der Waals surface area contributed by atoms with Crippen molar-refractivity contribution in [3.63, 3.8) is 0 Å². The van der Waals surface area contributed by atoms with Gasteiger partial charge in [-0.3, -0.25) is 4.98 Å². The predicted octanol–water partition coefficient (Wildman–Crippen LogP) is 4.65. The molecule has 0 spiro atoms. The van der Waals surface area contributed by atoms with E-state index in [1.54, 1.807) is 0 Å². The van der Waals surface area contributed by atoms with Crippen LogP contribution < -0.4 is 4.90 Å². The van der Waals surface area contributed by atoms with Crippen molar-refractivity contribution in [3.8, 4) is 0 Å². The zero-order valence-electron chi connectivity index (χ0n) is 13.1. The van der Waals surface area contributed by atoms with Gasteiger partial charge >= 0.3 is 0 Å². The molecule has 0 N–H and O–H groups in total. The quantitative estimate of drug-likeness (QED) is 0.805. The molecule has 1 heterocycles. The molecule has 20 heavy (non-hydrogen) atoms. The van der Waals surface area contributed by atoms with Gasteiger partial charge in [0.15, 0.2) is 0 Å². The molecule has 0 fully saturated rings. The van der Waals surface area contributed by atoms with Crippen LogP contribution in [0.25, 0.3) is 12.2 Å². The van der Waals surface area contributed by atoms with Crippen molar-refractivity contribution >= 4 is 17.8 Å². The molecule has 0 saturated carbocycles. The fourth-order valence-corrected chi connectivity index (χ4v) is 1.72. The highest BCUT2D eigenvalue weighted by Gasteiger charge is 1.94. The molecular weight excluding hydrogens is 244 g/mol. The molecule has 0 unspecified atom stereocenters. The second-order valence-electron chi connectivity index (χ2n) is 4.52. The Morgan fingerprint density at radius 1 is 0.900 bits per heavy atom. The highest BCUT2D eigenvalue weighted by Crippen LogP contribution is 2.14. The number of pyridine rings is 1. The number of nitrogens with zero attached hydrogens (tertiary/aromatic N) is 2. The van der Waals surface area contributed by atoms with Crippen LogP contribution >= 0.6 is 0 Å². The minimum Gasteiger partial charge on any atom is -0.378 e. The molecule has 0 amide bonds. The Morgan fingerprint density at radius 2 is 1.55 bits per heavy atom. The molecule has 2 nitrogen and oxygen atoms in total. The third-order valence-corrected chi connectivity index (χ3v) is 2.77. The summed E-state index contributed by atoms with van der Waals surface area (Å²) in [6, 6.07) is 14.5. The zero-order valence-corrected chi connectivity index (χ0v) is 13.1. The maximum absolute atomic E-state index is 4.44. The minimum absolute atomic E-state index is 0.992. The van der Waals surface area contributed by atoms with Crippen molar-refractivity contribution in [2.45, 2.75) is 20.8 Å². The lowest BCUT2D eigenvalue weighted by molar-refractivity contribution is 1.13. The standard InChI is InChI=1S/C16H18N2.C2H6/c1-13-5-4-6-15(17-13)10-7-14-8-11-16(12-9-14)18(2)3;1-2/h4-12H,1-3H3;1-2H3/b10-7+;. The van der Waals surface area contributed by atoms with E-state index in [-0.39, 0.29) is 0 Å². The van der Waals surface area contributed by atoms with E-state index in [1.165, 1.54) is 11.3 Å². The van der Waals surface area contributed by atoms with E-state index in [1.807, 2.05) is 59.1 Å². The van der Waals surface area contributed by atoms with E-state index >= 15 is 0 Å². The second-order valence-corrected chi connectivity index (χ2v) is 4.52. The predicted molar refractivity (Wildman–Crippen MR) is 90.0 cm³/mol. The lowest BCUT2D eigenvalue weighted by Crippen LogP contribution is -2.07. The fraction of sp³-hybridized carbons (Fsp3) is 0.278. The molecule has 0 radical (unpaired) electrons. The van der Waals surface area contributed by atoms with Crippen molar-refractivity contribution in [3.05, 3.63) is 59.4 Å². The lowest BCUT2D eigenvalue weighted by Gasteiger charge is -2.11. The largest absolute Gasteiger partial charge is 0.378 e. The zero-order chi connectivity index (χ0) is 15.0. The Bertz CT molecular complexity index is 540. The topological polar surface area (TPSA) is 16.1 Å². The monoisotopic (exact) mass is 268 g/mol. The second kappa shape index (κ2) is 8.16. The Labute approximate surface area is 122 Å². The van der Waals surface area contributed by atoms with Gasteiger partial charge in [0.1, 0.15) is 0 Å². The number of anilines is 1. The number of rotatable bonds is 3. The average molecular weight is 268 g/mol. The molecule has 0 aliphatic heterocycles. The molecule has 1 aromatic heterocycles. The van der Waals surface area contributed by atoms with E-state index in [0.29, 0.717) is 0 Å². The van der Waals surface area contributed by atoms with E-state index in [9.17, 15) is 0 Å². The molecule has 0 aliphatic rings. The number of hydrogen-bond acceptors (Lipinski definition) is 2. The van der Waals surface area contributed by atoms with Gasteiger partial charge in [0.25, 0.3) is 0 Å². The van der Waals surface area contributed by atoms with Crippen LogP contribution in [0.4, 0.5) is 5.69 Å². The van der Waals surface area contributed by atoms with E-state index in [0.717, 1.165) is 11.4 Å². The molecule has 0 saturated heterocycles. The van der Waals surface area contributed by atoms with Crippen LogP contribution in [0.3, 0.4) is 0 Å². The highest BCUT2D eigenvalue weighted by atomic mass is 15.1. The van der Waals surface area contributed by atoms with Crippen molar-refractivity contribution in [1.29, 1.82) is 0 Å². The van der Waals surface area contributed by atoms with Crippen LogP contribution in [0.1, 0.15) is 30.8 Å². The molecule has 0 aliphatic carbocycles. The van der Waals surface area contributed by atoms with Gasteiger partial charge in [-0.05, 0) is 42.8 Å². The Balaban J connectivity index is 0.000000956. The Hall–Kier alpha value is -2.09. The smallest absolute Gasteiger partial charge is 0.0633 e. The van der Waals surface area contributed by atoms with Gasteiger partial charge in [-0.15, -0.1) is 0 Å². The van der Waals surface area contributed by atoms with Gasteiger partial charge in [0.05, 0.1) is 5.69 Å². The van der Waals surface area contributed by atoms with Gasteiger partial charge in [0.2, 0.25) is 0 Å². The van der Waals surface area contributed by atoms with E-state index < -0.39 is 0 Å². The van der Waals surface area contributed by atoms with Gasteiger partial charge in [0, 0.05) is 25.5 Å². The molecule has 1 aromatic carbocycles. The molecule has 0 bridgehead atoms. The fourth-order valence-electron chi connectivity index (χ4n) is 1.72. The van der Waals surface area contributed by atoms with Crippen LogP contribution in [-0.4, -0.2) is 19.1 Å². The number of hydrogen-bond donors (Lipinski definition) is 0. The minimum atomic E-state index is 0.992. The first kappa shape index (κ1) is 16.0. The first-order chi connectivity index (χ1) is 9.65. The summed E-state index contributed by atoms with van der Waals surface area (Å²) in [7, 11) is 4.09. The number of benzene rings is 1. The Morgan fingerprint density at radius 3 is 2.10 bits per heavy atom. The van der Waals surface area contributed by atoms with Crippen molar-refractivity contribution < 1.29 is 0 Å². The van der Waals surface area contributed by atoms with Gasteiger partial charge < -0.3 is 4.90 Å². The summed E-state index contributed by atoms with van der Waals surface area (Å²) in [5.41, 5.74) is 4.43. The number of aromatic nitrogens is 1. The first-order valence-electron chi connectivity index (χ1n) is 7.04. The molecule has 106 valence electrons.